The lowest BCUT2D eigenvalue weighted by Crippen LogP contribution is -2.39. The highest BCUT2D eigenvalue weighted by Crippen LogP contribution is 2.30. The first-order valence-electron chi connectivity index (χ1n) is 10.8. The average Bonchev–Trinajstić information content (AvgIpc) is 3.17. The van der Waals surface area contributed by atoms with Crippen molar-refractivity contribution in [3.63, 3.8) is 0 Å². The normalized spacial score (nSPS) is 17.9. The van der Waals surface area contributed by atoms with Gasteiger partial charge in [-0.05, 0) is 50.7 Å². The molecule has 4 rings (SSSR count). The Morgan fingerprint density at radius 2 is 1.77 bits per heavy atom. The van der Waals surface area contributed by atoms with Crippen LogP contribution >= 0.6 is 11.6 Å². The number of halogens is 1. The number of piperidine rings is 2. The van der Waals surface area contributed by atoms with E-state index in [9.17, 15) is 9.59 Å². The molecule has 0 atom stereocenters. The van der Waals surface area contributed by atoms with Crippen LogP contribution in [0.2, 0.25) is 5.02 Å². The summed E-state index contributed by atoms with van der Waals surface area (Å²) in [4.78, 5) is 33.8. The SMILES string of the molecule is Cc1oc(C2CCN(C(=O)Cc3ccccc3Cl)CC2)nc1C(=O)N1CCCCC1. The lowest BCUT2D eigenvalue weighted by atomic mass is 9.96. The van der Waals surface area contributed by atoms with Crippen LogP contribution in [-0.4, -0.2) is 52.8 Å². The van der Waals surface area contributed by atoms with Crippen LogP contribution in [0.1, 0.15) is 65.7 Å². The molecule has 6 nitrogen and oxygen atoms in total. The van der Waals surface area contributed by atoms with Crippen LogP contribution < -0.4 is 0 Å². The summed E-state index contributed by atoms with van der Waals surface area (Å²) in [7, 11) is 0. The maximum Gasteiger partial charge on any atom is 0.276 e. The zero-order valence-electron chi connectivity index (χ0n) is 17.4. The molecule has 160 valence electrons. The standard InChI is InChI=1S/C23H28ClN3O3/c1-16-21(23(29)27-11-5-2-6-12-27)25-22(30-16)17-9-13-26(14-10-17)20(28)15-18-7-3-4-8-19(18)24/h3-4,7-8,17H,2,5-6,9-15H2,1H3. The van der Waals surface area contributed by atoms with Crippen LogP contribution in [0.4, 0.5) is 0 Å². The van der Waals surface area contributed by atoms with E-state index in [1.165, 1.54) is 6.42 Å². The van der Waals surface area contributed by atoms with Gasteiger partial charge in [0.1, 0.15) is 5.76 Å². The third-order valence-corrected chi connectivity index (χ3v) is 6.52. The number of likely N-dealkylation sites (tertiary alicyclic amines) is 2. The molecule has 0 unspecified atom stereocenters. The van der Waals surface area contributed by atoms with Crippen molar-refractivity contribution in [2.75, 3.05) is 26.2 Å². The van der Waals surface area contributed by atoms with Gasteiger partial charge in [-0.3, -0.25) is 9.59 Å². The van der Waals surface area contributed by atoms with Crippen molar-refractivity contribution >= 4 is 23.4 Å². The van der Waals surface area contributed by atoms with Gasteiger partial charge < -0.3 is 14.2 Å². The number of aryl methyl sites for hydroxylation is 1. The molecule has 2 fully saturated rings. The lowest BCUT2D eigenvalue weighted by Gasteiger charge is -2.30. The molecule has 0 N–H and O–H groups in total. The fraction of sp³-hybridized carbons (Fsp3) is 0.522. The summed E-state index contributed by atoms with van der Waals surface area (Å²) in [6, 6.07) is 7.46. The van der Waals surface area contributed by atoms with Crippen LogP contribution in [0, 0.1) is 6.92 Å². The van der Waals surface area contributed by atoms with E-state index >= 15 is 0 Å². The third-order valence-electron chi connectivity index (χ3n) is 6.16. The van der Waals surface area contributed by atoms with Gasteiger partial charge in [0.25, 0.3) is 5.91 Å². The first-order chi connectivity index (χ1) is 14.5. The van der Waals surface area contributed by atoms with Gasteiger partial charge in [-0.1, -0.05) is 29.8 Å². The number of hydrogen-bond acceptors (Lipinski definition) is 4. The minimum atomic E-state index is -0.0189. The number of aromatic nitrogens is 1. The first kappa shape index (κ1) is 20.9. The summed E-state index contributed by atoms with van der Waals surface area (Å²) in [6.45, 7) is 4.73. The number of oxazole rings is 1. The molecule has 0 radical (unpaired) electrons. The molecular formula is C23H28ClN3O3. The quantitative estimate of drug-likeness (QED) is 0.730. The van der Waals surface area contributed by atoms with Gasteiger partial charge in [0.2, 0.25) is 5.91 Å². The molecule has 2 aliphatic heterocycles. The number of benzene rings is 1. The second-order valence-corrected chi connectivity index (χ2v) is 8.64. The predicted octanol–water partition coefficient (Wildman–Crippen LogP) is 4.21. The van der Waals surface area contributed by atoms with Gasteiger partial charge in [0, 0.05) is 37.1 Å². The largest absolute Gasteiger partial charge is 0.445 e. The predicted molar refractivity (Wildman–Crippen MR) is 115 cm³/mol. The smallest absolute Gasteiger partial charge is 0.276 e. The number of rotatable bonds is 4. The fourth-order valence-electron chi connectivity index (χ4n) is 4.33. The summed E-state index contributed by atoms with van der Waals surface area (Å²) in [5.41, 5.74) is 1.31. The molecule has 2 amide bonds. The van der Waals surface area contributed by atoms with Crippen molar-refractivity contribution in [1.82, 2.24) is 14.8 Å². The Hall–Kier alpha value is -2.34. The van der Waals surface area contributed by atoms with Crippen molar-refractivity contribution in [3.05, 3.63) is 52.2 Å². The Balaban J connectivity index is 1.35. The second kappa shape index (κ2) is 9.21. The zero-order valence-corrected chi connectivity index (χ0v) is 18.2. The zero-order chi connectivity index (χ0) is 21.1. The summed E-state index contributed by atoms with van der Waals surface area (Å²) in [5, 5.41) is 0.627. The van der Waals surface area contributed by atoms with Crippen molar-refractivity contribution in [3.8, 4) is 0 Å². The fourth-order valence-corrected chi connectivity index (χ4v) is 4.53. The molecule has 2 aromatic rings. The summed E-state index contributed by atoms with van der Waals surface area (Å²) in [6.07, 6.45) is 5.17. The van der Waals surface area contributed by atoms with E-state index in [4.69, 9.17) is 16.0 Å². The Morgan fingerprint density at radius 3 is 2.47 bits per heavy atom. The highest BCUT2D eigenvalue weighted by molar-refractivity contribution is 6.31. The molecule has 7 heteroatoms. The highest BCUT2D eigenvalue weighted by atomic mass is 35.5. The van der Waals surface area contributed by atoms with E-state index in [-0.39, 0.29) is 17.7 Å². The number of carbonyl (C=O) groups is 2. The summed E-state index contributed by atoms with van der Waals surface area (Å²) >= 11 is 6.19. The molecule has 2 aliphatic rings. The monoisotopic (exact) mass is 429 g/mol. The average molecular weight is 430 g/mol. The van der Waals surface area contributed by atoms with Crippen LogP contribution in [0.3, 0.4) is 0 Å². The topological polar surface area (TPSA) is 66.7 Å². The Bertz CT molecular complexity index is 912. The van der Waals surface area contributed by atoms with Gasteiger partial charge in [0.15, 0.2) is 11.6 Å². The van der Waals surface area contributed by atoms with Crippen LogP contribution in [0.15, 0.2) is 28.7 Å². The summed E-state index contributed by atoms with van der Waals surface area (Å²) < 4.78 is 5.89. The molecule has 0 spiro atoms. The Kier molecular flexibility index (Phi) is 6.42. The van der Waals surface area contributed by atoms with E-state index in [2.05, 4.69) is 4.98 Å². The maximum absolute atomic E-state index is 12.8. The minimum absolute atomic E-state index is 0.0189. The highest BCUT2D eigenvalue weighted by Gasteiger charge is 2.30. The second-order valence-electron chi connectivity index (χ2n) is 8.23. The van der Waals surface area contributed by atoms with Crippen LogP contribution in [-0.2, 0) is 11.2 Å². The molecule has 2 saturated heterocycles. The van der Waals surface area contributed by atoms with E-state index in [0.29, 0.717) is 41.9 Å². The number of hydrogen-bond donors (Lipinski definition) is 0. The molecule has 3 heterocycles. The molecule has 0 saturated carbocycles. The van der Waals surface area contributed by atoms with Gasteiger partial charge in [-0.25, -0.2) is 4.98 Å². The van der Waals surface area contributed by atoms with Gasteiger partial charge in [-0.2, -0.15) is 0 Å². The van der Waals surface area contributed by atoms with E-state index in [1.54, 1.807) is 0 Å². The van der Waals surface area contributed by atoms with Crippen LogP contribution in [0.25, 0.3) is 0 Å². The van der Waals surface area contributed by atoms with Gasteiger partial charge in [0.05, 0.1) is 6.42 Å². The van der Waals surface area contributed by atoms with Crippen molar-refractivity contribution < 1.29 is 14.0 Å². The van der Waals surface area contributed by atoms with Crippen LogP contribution in [0.5, 0.6) is 0 Å². The number of nitrogens with zero attached hydrogens (tertiary/aromatic N) is 3. The van der Waals surface area contributed by atoms with E-state index < -0.39 is 0 Å². The molecule has 1 aromatic carbocycles. The molecule has 0 aliphatic carbocycles. The number of amides is 2. The Labute approximate surface area is 182 Å². The molecule has 1 aromatic heterocycles. The minimum Gasteiger partial charge on any atom is -0.445 e. The van der Waals surface area contributed by atoms with E-state index in [1.807, 2.05) is 41.0 Å². The van der Waals surface area contributed by atoms with Crippen molar-refractivity contribution in [1.29, 1.82) is 0 Å². The van der Waals surface area contributed by atoms with E-state index in [0.717, 1.165) is 44.3 Å². The first-order valence-corrected chi connectivity index (χ1v) is 11.2. The molecular weight excluding hydrogens is 402 g/mol. The molecule has 30 heavy (non-hydrogen) atoms. The maximum atomic E-state index is 12.8. The van der Waals surface area contributed by atoms with Gasteiger partial charge in [-0.15, -0.1) is 0 Å². The van der Waals surface area contributed by atoms with Crippen molar-refractivity contribution in [2.24, 2.45) is 0 Å². The number of carbonyl (C=O) groups excluding carboxylic acids is 2. The van der Waals surface area contributed by atoms with Crippen molar-refractivity contribution in [2.45, 2.75) is 51.4 Å². The molecule has 0 bridgehead atoms. The third kappa shape index (κ3) is 4.53. The summed E-state index contributed by atoms with van der Waals surface area (Å²) in [5.74, 6) is 1.43. The lowest BCUT2D eigenvalue weighted by molar-refractivity contribution is -0.131. The van der Waals surface area contributed by atoms with Gasteiger partial charge >= 0.3 is 0 Å². The Morgan fingerprint density at radius 1 is 1.07 bits per heavy atom.